The molecule has 0 spiro atoms. The van der Waals surface area contributed by atoms with E-state index >= 15 is 0 Å². The molecule has 2 aromatic carbocycles. The van der Waals surface area contributed by atoms with Gasteiger partial charge in [0.2, 0.25) is 0 Å². The minimum absolute atomic E-state index is 0.0801. The number of ether oxygens (including phenoxy) is 2. The van der Waals surface area contributed by atoms with Crippen LogP contribution in [0.25, 0.3) is 27.5 Å². The van der Waals surface area contributed by atoms with E-state index in [0.29, 0.717) is 26.2 Å². The maximum absolute atomic E-state index is 13.8. The number of fused-ring (bicyclic) bond motifs is 2. The van der Waals surface area contributed by atoms with Crippen molar-refractivity contribution in [2.45, 2.75) is 43.6 Å². The first-order valence-corrected chi connectivity index (χ1v) is 11.7. The summed E-state index contributed by atoms with van der Waals surface area (Å²) in [6.45, 7) is 3.33. The predicted octanol–water partition coefficient (Wildman–Crippen LogP) is 4.89. The van der Waals surface area contributed by atoms with Crippen molar-refractivity contribution in [1.29, 1.82) is 0 Å². The third-order valence-electron chi connectivity index (χ3n) is 7.40. The van der Waals surface area contributed by atoms with Gasteiger partial charge in [-0.05, 0) is 68.1 Å². The van der Waals surface area contributed by atoms with Gasteiger partial charge in [0.25, 0.3) is 0 Å². The Bertz CT molecular complexity index is 1390. The first kappa shape index (κ1) is 21.3. The van der Waals surface area contributed by atoms with Crippen LogP contribution in [0, 0.1) is 5.82 Å². The van der Waals surface area contributed by atoms with Gasteiger partial charge in [0.1, 0.15) is 5.82 Å². The Hall–Kier alpha value is -3.23. The molecule has 7 nitrogen and oxygen atoms in total. The van der Waals surface area contributed by atoms with Crippen LogP contribution in [0.4, 0.5) is 4.39 Å². The van der Waals surface area contributed by atoms with Gasteiger partial charge in [-0.15, -0.1) is 0 Å². The number of nitrogens with one attached hydrogen (secondary N) is 1. The lowest BCUT2D eigenvalue weighted by Gasteiger charge is -2.27. The molecular weight excluding hydrogens is 437 g/mol. The fourth-order valence-corrected chi connectivity index (χ4v) is 5.65. The third kappa shape index (κ3) is 3.32. The number of hydrogen-bond acceptors (Lipinski definition) is 4. The Balaban J connectivity index is 1.65. The number of aromatic amines is 1. The van der Waals surface area contributed by atoms with Crippen LogP contribution in [0.1, 0.15) is 49.3 Å². The molecular formula is C26H26FN3O4. The van der Waals surface area contributed by atoms with Crippen molar-refractivity contribution < 1.29 is 23.8 Å². The minimum Gasteiger partial charge on any atom is -0.479 e. The summed E-state index contributed by atoms with van der Waals surface area (Å²) in [7, 11) is 0. The lowest BCUT2D eigenvalue weighted by Crippen LogP contribution is -2.34. The van der Waals surface area contributed by atoms with Gasteiger partial charge < -0.3 is 19.1 Å². The number of carboxylic acid groups (broad SMARTS) is 1. The van der Waals surface area contributed by atoms with Crippen molar-refractivity contribution in [3.63, 3.8) is 0 Å². The Labute approximate surface area is 195 Å². The SMILES string of the molecule is C[C@@]1(C(=O)O)C[C@H](c2c(C3CCOCC3)n(-c3ccc(F)cc3)c3cc4cn[nH]c4cc23)CO1. The van der Waals surface area contributed by atoms with Crippen molar-refractivity contribution >= 4 is 27.8 Å². The monoisotopic (exact) mass is 463 g/mol. The summed E-state index contributed by atoms with van der Waals surface area (Å²) in [5, 5.41) is 19.1. The van der Waals surface area contributed by atoms with Crippen LogP contribution in [0.2, 0.25) is 0 Å². The molecule has 2 atom stereocenters. The van der Waals surface area contributed by atoms with Gasteiger partial charge in [-0.1, -0.05) is 0 Å². The second kappa shape index (κ2) is 7.92. The van der Waals surface area contributed by atoms with E-state index in [-0.39, 0.29) is 17.7 Å². The zero-order chi connectivity index (χ0) is 23.4. The number of aliphatic carboxylic acids is 1. The summed E-state index contributed by atoms with van der Waals surface area (Å²) in [5.74, 6) is -1.08. The minimum atomic E-state index is -1.22. The highest BCUT2D eigenvalue weighted by atomic mass is 19.1. The molecule has 2 aliphatic heterocycles. The molecule has 2 aliphatic rings. The Kier molecular flexibility index (Phi) is 4.97. The van der Waals surface area contributed by atoms with Crippen LogP contribution in [0.15, 0.2) is 42.6 Å². The molecule has 6 rings (SSSR count). The largest absolute Gasteiger partial charge is 0.479 e. The van der Waals surface area contributed by atoms with Gasteiger partial charge in [0.15, 0.2) is 5.60 Å². The third-order valence-corrected chi connectivity index (χ3v) is 7.40. The number of carbonyl (C=O) groups is 1. The second-order valence-electron chi connectivity index (χ2n) is 9.57. The normalized spacial score (nSPS) is 23.8. The number of carboxylic acids is 1. The molecule has 0 amide bonds. The van der Waals surface area contributed by atoms with E-state index in [1.54, 1.807) is 25.3 Å². The maximum Gasteiger partial charge on any atom is 0.335 e. The summed E-state index contributed by atoms with van der Waals surface area (Å²) in [4.78, 5) is 12.0. The molecule has 0 bridgehead atoms. The number of aromatic nitrogens is 3. The zero-order valence-electron chi connectivity index (χ0n) is 18.9. The average molecular weight is 464 g/mol. The Morgan fingerprint density at radius 3 is 2.68 bits per heavy atom. The van der Waals surface area contributed by atoms with E-state index in [0.717, 1.165) is 51.6 Å². The molecule has 176 valence electrons. The standard InChI is InChI=1S/C26H26FN3O4/c1-26(25(31)32)12-17(14-34-26)23-20-11-21-16(13-28-29-21)10-22(20)30(19-4-2-18(27)3-5-19)24(23)15-6-8-33-9-7-15/h2-5,10-11,13,15,17H,6-9,12,14H2,1H3,(H,28,29)(H,31,32)/t17-,26-/m0/s1. The highest BCUT2D eigenvalue weighted by molar-refractivity contribution is 5.99. The van der Waals surface area contributed by atoms with E-state index in [4.69, 9.17) is 9.47 Å². The van der Waals surface area contributed by atoms with E-state index in [1.165, 1.54) is 12.1 Å². The van der Waals surface area contributed by atoms with Crippen molar-refractivity contribution in [2.75, 3.05) is 19.8 Å². The lowest BCUT2D eigenvalue weighted by molar-refractivity contribution is -0.157. The average Bonchev–Trinajstić information content (AvgIpc) is 3.54. The van der Waals surface area contributed by atoms with Gasteiger partial charge in [0, 0.05) is 47.2 Å². The molecule has 2 fully saturated rings. The fourth-order valence-electron chi connectivity index (χ4n) is 5.65. The van der Waals surface area contributed by atoms with Gasteiger partial charge in [-0.3, -0.25) is 5.10 Å². The fraction of sp³-hybridized carbons (Fsp3) is 0.385. The van der Waals surface area contributed by atoms with E-state index < -0.39 is 11.6 Å². The number of H-pyrrole nitrogens is 1. The summed E-state index contributed by atoms with van der Waals surface area (Å²) in [5.41, 5.74) is 3.84. The second-order valence-corrected chi connectivity index (χ2v) is 9.57. The van der Waals surface area contributed by atoms with Crippen LogP contribution in [0.3, 0.4) is 0 Å². The molecule has 0 unspecified atom stereocenters. The molecule has 2 saturated heterocycles. The quantitative estimate of drug-likeness (QED) is 0.450. The number of benzene rings is 2. The van der Waals surface area contributed by atoms with Crippen molar-refractivity contribution in [3.05, 3.63) is 59.7 Å². The highest BCUT2D eigenvalue weighted by Crippen LogP contribution is 2.47. The topological polar surface area (TPSA) is 89.4 Å². The number of halogens is 1. The Morgan fingerprint density at radius 2 is 1.97 bits per heavy atom. The molecule has 2 N–H and O–H groups in total. The molecule has 0 saturated carbocycles. The summed E-state index contributed by atoms with van der Waals surface area (Å²) < 4.78 is 27.6. The van der Waals surface area contributed by atoms with Gasteiger partial charge in [-0.2, -0.15) is 5.10 Å². The predicted molar refractivity (Wildman–Crippen MR) is 125 cm³/mol. The van der Waals surface area contributed by atoms with Crippen molar-refractivity contribution in [3.8, 4) is 5.69 Å². The summed E-state index contributed by atoms with van der Waals surface area (Å²) in [6.07, 6.45) is 3.92. The molecule has 34 heavy (non-hydrogen) atoms. The molecule has 4 aromatic rings. The van der Waals surface area contributed by atoms with Crippen LogP contribution >= 0.6 is 0 Å². The number of rotatable bonds is 4. The molecule has 8 heteroatoms. The molecule has 4 heterocycles. The van der Waals surface area contributed by atoms with Crippen LogP contribution in [-0.2, 0) is 14.3 Å². The summed E-state index contributed by atoms with van der Waals surface area (Å²) >= 11 is 0. The van der Waals surface area contributed by atoms with Gasteiger partial charge in [-0.25, -0.2) is 9.18 Å². The van der Waals surface area contributed by atoms with E-state index in [9.17, 15) is 14.3 Å². The zero-order valence-corrected chi connectivity index (χ0v) is 18.9. The smallest absolute Gasteiger partial charge is 0.335 e. The van der Waals surface area contributed by atoms with E-state index in [2.05, 4.69) is 26.9 Å². The molecule has 2 aromatic heterocycles. The van der Waals surface area contributed by atoms with Crippen LogP contribution in [0.5, 0.6) is 0 Å². The van der Waals surface area contributed by atoms with Crippen LogP contribution in [-0.4, -0.2) is 51.3 Å². The van der Waals surface area contributed by atoms with Crippen LogP contribution < -0.4 is 0 Å². The first-order chi connectivity index (χ1) is 16.4. The number of nitrogens with zero attached hydrogens (tertiary/aromatic N) is 2. The maximum atomic E-state index is 13.8. The molecule has 0 radical (unpaired) electrons. The highest BCUT2D eigenvalue weighted by Gasteiger charge is 2.45. The van der Waals surface area contributed by atoms with E-state index in [1.807, 2.05) is 0 Å². The van der Waals surface area contributed by atoms with Crippen molar-refractivity contribution in [2.24, 2.45) is 0 Å². The lowest BCUT2D eigenvalue weighted by atomic mass is 9.84. The Morgan fingerprint density at radius 1 is 1.21 bits per heavy atom. The van der Waals surface area contributed by atoms with Gasteiger partial charge in [0.05, 0.1) is 23.8 Å². The number of hydrogen-bond donors (Lipinski definition) is 2. The van der Waals surface area contributed by atoms with Crippen molar-refractivity contribution in [1.82, 2.24) is 14.8 Å². The van der Waals surface area contributed by atoms with Gasteiger partial charge >= 0.3 is 5.97 Å². The molecule has 0 aliphatic carbocycles. The first-order valence-electron chi connectivity index (χ1n) is 11.7. The summed E-state index contributed by atoms with van der Waals surface area (Å²) in [6, 6.07) is 10.8.